The van der Waals surface area contributed by atoms with E-state index in [-0.39, 0.29) is 128 Å². The molecule has 0 radical (unpaired) electrons. The summed E-state index contributed by atoms with van der Waals surface area (Å²) >= 11 is 0. The van der Waals surface area contributed by atoms with Gasteiger partial charge in [0, 0.05) is 36.9 Å². The summed E-state index contributed by atoms with van der Waals surface area (Å²) in [6.07, 6.45) is 2.13. The topological polar surface area (TPSA) is 250 Å². The highest BCUT2D eigenvalue weighted by atomic mass is 33.1. The maximum Gasteiger partial charge on any atom is 0.510 e. The third-order valence-corrected chi connectivity index (χ3v) is 12.7. The summed E-state index contributed by atoms with van der Waals surface area (Å²) in [6.45, 7) is 57.7. The summed E-state index contributed by atoms with van der Waals surface area (Å²) in [7, 11) is 7.71. The fraction of sp³-hybridized carbons (Fsp3) is 0.906. The van der Waals surface area contributed by atoms with E-state index in [0.717, 1.165) is 24.7 Å². The first-order valence-electron chi connectivity index (χ1n) is 30.2. The van der Waals surface area contributed by atoms with E-state index in [2.05, 4.69) is 60.5 Å². The summed E-state index contributed by atoms with van der Waals surface area (Å²) < 4.78 is 77.9. The van der Waals surface area contributed by atoms with Crippen LogP contribution in [0.15, 0.2) is 0 Å². The average molecular weight is 1390 g/mol. The molecular formula is C64H136O22S4. The van der Waals surface area contributed by atoms with Gasteiger partial charge < -0.3 is 75.8 Å². The molecule has 0 unspecified atom stereocenters. The van der Waals surface area contributed by atoms with Crippen molar-refractivity contribution in [3.8, 4) is 0 Å². The summed E-state index contributed by atoms with van der Waals surface area (Å²) in [5.41, 5.74) is -0.888. The van der Waals surface area contributed by atoms with Crippen molar-refractivity contribution in [2.24, 2.45) is 10.8 Å². The number of ether oxygens (including phenoxy) is 16. The molecule has 0 atom stereocenters. The van der Waals surface area contributed by atoms with Gasteiger partial charge in [-0.2, -0.15) is 0 Å². The lowest BCUT2D eigenvalue weighted by Crippen LogP contribution is -2.24. The second-order valence-electron chi connectivity index (χ2n) is 22.9. The minimum absolute atomic E-state index is 0. The smallest absolute Gasteiger partial charge is 0.439 e. The fourth-order valence-electron chi connectivity index (χ4n) is 3.31. The molecule has 0 rings (SSSR count). The van der Waals surface area contributed by atoms with E-state index in [4.69, 9.17) is 56.8 Å². The Morgan fingerprint density at radius 1 is 0.300 bits per heavy atom. The average Bonchev–Trinajstić information content (AvgIpc) is 3.39. The zero-order valence-corrected chi connectivity index (χ0v) is 63.6. The molecule has 548 valence electrons. The molecule has 0 aliphatic carbocycles. The number of carbonyl (C=O) groups is 6. The molecule has 0 aromatic carbocycles. The highest BCUT2D eigenvalue weighted by Gasteiger charge is 2.24. The van der Waals surface area contributed by atoms with Crippen molar-refractivity contribution < 1.29 is 105 Å². The van der Waals surface area contributed by atoms with Crippen LogP contribution < -0.4 is 0 Å². The molecular weight excluding hydrogens is 1250 g/mol. The van der Waals surface area contributed by atoms with Crippen LogP contribution in [0, 0.1) is 10.8 Å². The minimum Gasteiger partial charge on any atom is -0.439 e. The van der Waals surface area contributed by atoms with E-state index in [9.17, 15) is 28.8 Å². The lowest BCUT2D eigenvalue weighted by molar-refractivity contribution is -0.169. The highest BCUT2D eigenvalue weighted by molar-refractivity contribution is 8.77. The second kappa shape index (κ2) is 75.5. The molecule has 26 heteroatoms. The van der Waals surface area contributed by atoms with Crippen molar-refractivity contribution in [1.82, 2.24) is 0 Å². The van der Waals surface area contributed by atoms with Gasteiger partial charge in [-0.05, 0) is 193 Å². The van der Waals surface area contributed by atoms with Crippen LogP contribution in [-0.4, -0.2) is 174 Å². The number of carbonyl (C=O) groups excluding carboxylic acids is 6. The molecule has 0 amide bonds. The van der Waals surface area contributed by atoms with Crippen LogP contribution in [0.2, 0.25) is 0 Å². The van der Waals surface area contributed by atoms with Gasteiger partial charge in [0.05, 0.1) is 85.1 Å². The number of esters is 4. The van der Waals surface area contributed by atoms with Crippen molar-refractivity contribution in [2.45, 2.75) is 296 Å². The van der Waals surface area contributed by atoms with Crippen LogP contribution in [-0.2, 0) is 95.0 Å². The van der Waals surface area contributed by atoms with Crippen molar-refractivity contribution in [1.29, 1.82) is 0 Å². The van der Waals surface area contributed by atoms with Gasteiger partial charge in [0.15, 0.2) is 40.8 Å². The van der Waals surface area contributed by atoms with Crippen molar-refractivity contribution in [3.63, 3.8) is 0 Å². The Kier molecular flexibility index (Phi) is 91.5. The Hall–Kier alpha value is -2.50. The lowest BCUT2D eigenvalue weighted by atomic mass is 9.97. The maximum absolute atomic E-state index is 11.1. The molecule has 90 heavy (non-hydrogen) atoms. The van der Waals surface area contributed by atoms with Gasteiger partial charge in [-0.15, -0.1) is 0 Å². The first-order chi connectivity index (χ1) is 40.5. The molecule has 0 spiro atoms. The zero-order valence-electron chi connectivity index (χ0n) is 60.3. The third-order valence-electron chi connectivity index (χ3n) is 7.53. The van der Waals surface area contributed by atoms with E-state index in [1.165, 1.54) is 38.2 Å². The monoisotopic (exact) mass is 1380 g/mol. The minimum atomic E-state index is -0.689. The van der Waals surface area contributed by atoms with E-state index < -0.39 is 23.1 Å². The largest absolute Gasteiger partial charge is 0.510 e. The summed E-state index contributed by atoms with van der Waals surface area (Å²) in [6, 6.07) is 0. The van der Waals surface area contributed by atoms with Gasteiger partial charge in [0.1, 0.15) is 0 Å². The van der Waals surface area contributed by atoms with Gasteiger partial charge in [-0.3, -0.25) is 19.2 Å². The quantitative estimate of drug-likeness (QED) is 0.0191. The standard InChI is InChI=1S/2C9H18O3.2C8H16O4.2C8H18OS2.2C6H12O3.2CH4/c2*1-7(2)11-6-12-8(10)9(3,4)5;2*1-6(2)10-5-11-8(9)12-7(3)4;2*1-4-6-10-11-7-5-9-8(2)3;2*1-5(2)8-4-9-6(3)7;;/h2*7H,6H2,1-5H3;2*6-7H,5H2,1-4H3;2*8H,4-7H2,1-3H3;2*5H,4H2,1-3H3;2*1H4. The summed E-state index contributed by atoms with van der Waals surface area (Å²) in [4.78, 5) is 64.0. The van der Waals surface area contributed by atoms with Crippen molar-refractivity contribution >= 4 is 79.4 Å². The first-order valence-corrected chi connectivity index (χ1v) is 35.2. The molecule has 0 fully saturated rings. The molecule has 0 saturated carbocycles. The lowest BCUT2D eigenvalue weighted by Gasteiger charge is -2.17. The van der Waals surface area contributed by atoms with E-state index in [1.54, 1.807) is 27.7 Å². The van der Waals surface area contributed by atoms with Gasteiger partial charge in [-0.25, -0.2) is 9.59 Å². The Balaban J connectivity index is -0.000000101. The Labute approximate surface area is 565 Å². The predicted molar refractivity (Wildman–Crippen MR) is 373 cm³/mol. The maximum atomic E-state index is 11.1. The van der Waals surface area contributed by atoms with Gasteiger partial charge >= 0.3 is 36.2 Å². The van der Waals surface area contributed by atoms with Crippen molar-refractivity contribution in [3.05, 3.63) is 0 Å². The van der Waals surface area contributed by atoms with Gasteiger partial charge in [-0.1, -0.05) is 71.9 Å². The molecule has 0 aromatic heterocycles. The molecule has 0 N–H and O–H groups in total. The summed E-state index contributed by atoms with van der Waals surface area (Å²) in [5.74, 6) is 3.65. The molecule has 0 bridgehead atoms. The van der Waals surface area contributed by atoms with Crippen LogP contribution in [0.25, 0.3) is 0 Å². The number of rotatable bonds is 34. The Morgan fingerprint density at radius 3 is 0.678 bits per heavy atom. The van der Waals surface area contributed by atoms with Gasteiger partial charge in [0.2, 0.25) is 0 Å². The molecule has 0 aromatic rings. The van der Waals surface area contributed by atoms with E-state index in [0.29, 0.717) is 12.2 Å². The molecule has 0 aliphatic rings. The van der Waals surface area contributed by atoms with E-state index in [1.807, 2.05) is 168 Å². The number of hydrogen-bond acceptors (Lipinski definition) is 26. The first kappa shape index (κ1) is 109. The van der Waals surface area contributed by atoms with Crippen LogP contribution in [0.5, 0.6) is 0 Å². The molecule has 0 aliphatic heterocycles. The van der Waals surface area contributed by atoms with Crippen LogP contribution in [0.1, 0.15) is 235 Å². The Morgan fingerprint density at radius 2 is 0.500 bits per heavy atom. The SMILES string of the molecule is C.C.CC(=O)OCOC(C)C.CC(=O)OCOC(C)C.CC(C)OCOC(=O)C(C)(C)C.CC(C)OCOC(=O)C(C)(C)C.CC(C)OCOC(=O)OC(C)C.CC(C)OCOC(=O)OC(C)C.CCCSSCCOC(C)C.CCCSSCCOC(C)C. The normalized spacial score (nSPS) is 10.6. The predicted octanol–water partition coefficient (Wildman–Crippen LogP) is 17.3. The van der Waals surface area contributed by atoms with Crippen molar-refractivity contribution in [2.75, 3.05) is 77.0 Å². The number of hydrogen-bond donors (Lipinski definition) is 0. The van der Waals surface area contributed by atoms with E-state index >= 15 is 0 Å². The Bertz CT molecular complexity index is 1440. The molecule has 0 saturated heterocycles. The van der Waals surface area contributed by atoms with Crippen LogP contribution >= 0.6 is 43.2 Å². The third kappa shape index (κ3) is 126. The molecule has 22 nitrogen and oxygen atoms in total. The fourth-order valence-corrected chi connectivity index (χ4v) is 7.27. The summed E-state index contributed by atoms with van der Waals surface area (Å²) in [5, 5.41) is 0. The highest BCUT2D eigenvalue weighted by Crippen LogP contribution is 2.22. The molecule has 0 heterocycles. The van der Waals surface area contributed by atoms with Crippen LogP contribution in [0.4, 0.5) is 9.59 Å². The van der Waals surface area contributed by atoms with Crippen LogP contribution in [0.3, 0.4) is 0 Å². The zero-order chi connectivity index (χ0) is 70.3. The second-order valence-corrected chi connectivity index (χ2v) is 28.3. The van der Waals surface area contributed by atoms with Gasteiger partial charge in [0.25, 0.3) is 0 Å².